The van der Waals surface area contributed by atoms with Crippen LogP contribution in [0.4, 0.5) is 8.78 Å². The van der Waals surface area contributed by atoms with Gasteiger partial charge < -0.3 is 5.32 Å². The molecule has 0 aliphatic carbocycles. The minimum absolute atomic E-state index is 0.102. The third-order valence-electron chi connectivity index (χ3n) is 2.14. The largest absolute Gasteiger partial charge is 0.316 e. The van der Waals surface area contributed by atoms with E-state index in [4.69, 9.17) is 0 Å². The van der Waals surface area contributed by atoms with E-state index in [2.05, 4.69) is 5.32 Å². The number of benzene rings is 1. The van der Waals surface area contributed by atoms with Gasteiger partial charge in [0.1, 0.15) is 21.5 Å². The van der Waals surface area contributed by atoms with Crippen molar-refractivity contribution in [2.24, 2.45) is 0 Å². The standard InChI is InChI=1S/C11H15F2NO2S2/c1-14-7-8-5-9(12)11(10(13)6-8)17-3-4-18(2,15)16/h5-6,14H,3-4,7H2,1-2H3. The van der Waals surface area contributed by atoms with Crippen molar-refractivity contribution >= 4 is 21.6 Å². The molecule has 1 aromatic rings. The molecular weight excluding hydrogens is 280 g/mol. The zero-order valence-corrected chi connectivity index (χ0v) is 11.8. The molecule has 102 valence electrons. The van der Waals surface area contributed by atoms with Gasteiger partial charge in [0.25, 0.3) is 0 Å². The number of nitrogens with one attached hydrogen (secondary N) is 1. The summed E-state index contributed by atoms with van der Waals surface area (Å²) in [6, 6.07) is 2.50. The number of hydrogen-bond acceptors (Lipinski definition) is 4. The summed E-state index contributed by atoms with van der Waals surface area (Å²) in [7, 11) is -1.43. The average Bonchev–Trinajstić information content (AvgIpc) is 2.21. The summed E-state index contributed by atoms with van der Waals surface area (Å²) in [4.78, 5) is -0.126. The first-order valence-electron chi connectivity index (χ1n) is 5.26. The lowest BCUT2D eigenvalue weighted by Crippen LogP contribution is -2.07. The van der Waals surface area contributed by atoms with Crippen LogP contribution in [0.5, 0.6) is 0 Å². The molecule has 3 nitrogen and oxygen atoms in total. The maximum Gasteiger partial charge on any atom is 0.148 e. The fourth-order valence-electron chi connectivity index (χ4n) is 1.35. The normalized spacial score (nSPS) is 11.8. The van der Waals surface area contributed by atoms with Gasteiger partial charge in [-0.15, -0.1) is 11.8 Å². The van der Waals surface area contributed by atoms with Crippen LogP contribution in [0.1, 0.15) is 5.56 Å². The van der Waals surface area contributed by atoms with E-state index in [0.29, 0.717) is 12.1 Å². The lowest BCUT2D eigenvalue weighted by molar-refractivity contribution is 0.536. The first kappa shape index (κ1) is 15.4. The smallest absolute Gasteiger partial charge is 0.148 e. The van der Waals surface area contributed by atoms with Crippen molar-refractivity contribution in [3.8, 4) is 0 Å². The van der Waals surface area contributed by atoms with Gasteiger partial charge in [-0.1, -0.05) is 0 Å². The summed E-state index contributed by atoms with van der Waals surface area (Å²) in [5.74, 6) is -1.27. The highest BCUT2D eigenvalue weighted by atomic mass is 32.2. The van der Waals surface area contributed by atoms with Crippen molar-refractivity contribution in [2.75, 3.05) is 24.8 Å². The molecule has 0 unspecified atom stereocenters. The van der Waals surface area contributed by atoms with Crippen molar-refractivity contribution in [3.63, 3.8) is 0 Å². The summed E-state index contributed by atoms with van der Waals surface area (Å²) in [5.41, 5.74) is 0.514. The predicted molar refractivity (Wildman–Crippen MR) is 69.6 cm³/mol. The molecule has 1 aromatic carbocycles. The van der Waals surface area contributed by atoms with Crippen molar-refractivity contribution in [1.29, 1.82) is 0 Å². The molecule has 0 heterocycles. The fraction of sp³-hybridized carbons (Fsp3) is 0.455. The lowest BCUT2D eigenvalue weighted by atomic mass is 10.2. The molecule has 0 fully saturated rings. The Morgan fingerprint density at radius 3 is 2.28 bits per heavy atom. The van der Waals surface area contributed by atoms with Gasteiger partial charge in [-0.2, -0.15) is 0 Å². The molecule has 1 N–H and O–H groups in total. The number of thioether (sulfide) groups is 1. The summed E-state index contributed by atoms with van der Waals surface area (Å²) < 4.78 is 49.1. The monoisotopic (exact) mass is 295 g/mol. The lowest BCUT2D eigenvalue weighted by Gasteiger charge is -2.07. The van der Waals surface area contributed by atoms with Crippen molar-refractivity contribution in [2.45, 2.75) is 11.4 Å². The second-order valence-corrected chi connectivity index (χ2v) is 7.26. The Hall–Kier alpha value is -0.660. The van der Waals surface area contributed by atoms with Gasteiger partial charge in [0.15, 0.2) is 0 Å². The van der Waals surface area contributed by atoms with Crippen molar-refractivity contribution < 1.29 is 17.2 Å². The molecule has 0 saturated carbocycles. The Morgan fingerprint density at radius 1 is 1.28 bits per heavy atom. The Balaban J connectivity index is 2.77. The molecule has 0 spiro atoms. The van der Waals surface area contributed by atoms with E-state index in [0.717, 1.165) is 18.0 Å². The first-order valence-corrected chi connectivity index (χ1v) is 8.31. The third-order valence-corrected chi connectivity index (χ3v) is 4.43. The van der Waals surface area contributed by atoms with Gasteiger partial charge in [0, 0.05) is 18.6 Å². The Bertz CT molecular complexity index is 495. The number of rotatable bonds is 6. The van der Waals surface area contributed by atoms with Crippen LogP contribution in [-0.4, -0.2) is 33.2 Å². The SMILES string of the molecule is CNCc1cc(F)c(SCCS(C)(=O)=O)c(F)c1. The van der Waals surface area contributed by atoms with E-state index in [1.807, 2.05) is 0 Å². The first-order chi connectivity index (χ1) is 8.33. The highest BCUT2D eigenvalue weighted by Crippen LogP contribution is 2.26. The van der Waals surface area contributed by atoms with Crippen LogP contribution in [0.15, 0.2) is 17.0 Å². The second-order valence-electron chi connectivity index (χ2n) is 3.90. The Labute approximate surface area is 110 Å². The van der Waals surface area contributed by atoms with Crippen LogP contribution in [-0.2, 0) is 16.4 Å². The molecule has 0 saturated heterocycles. The molecule has 0 aliphatic rings. The minimum atomic E-state index is -3.11. The van der Waals surface area contributed by atoms with E-state index in [1.165, 1.54) is 12.1 Å². The second kappa shape index (κ2) is 6.49. The summed E-state index contributed by atoms with van der Waals surface area (Å²) in [6.07, 6.45) is 1.09. The van der Waals surface area contributed by atoms with Crippen LogP contribution in [0.3, 0.4) is 0 Å². The maximum atomic E-state index is 13.6. The average molecular weight is 295 g/mol. The third kappa shape index (κ3) is 4.91. The van der Waals surface area contributed by atoms with E-state index in [-0.39, 0.29) is 16.4 Å². The van der Waals surface area contributed by atoms with Gasteiger partial charge in [-0.05, 0) is 24.7 Å². The van der Waals surface area contributed by atoms with E-state index < -0.39 is 21.5 Å². The van der Waals surface area contributed by atoms with Crippen LogP contribution in [0, 0.1) is 11.6 Å². The fourth-order valence-corrected chi connectivity index (χ4v) is 3.49. The number of hydrogen-bond donors (Lipinski definition) is 1. The van der Waals surface area contributed by atoms with Gasteiger partial charge in [-0.25, -0.2) is 17.2 Å². The van der Waals surface area contributed by atoms with Gasteiger partial charge >= 0.3 is 0 Å². The number of halogens is 2. The zero-order chi connectivity index (χ0) is 13.8. The molecule has 0 atom stereocenters. The van der Waals surface area contributed by atoms with Crippen LogP contribution >= 0.6 is 11.8 Å². The molecule has 0 bridgehead atoms. The summed E-state index contributed by atoms with van der Waals surface area (Å²) in [5, 5.41) is 2.80. The molecular formula is C11H15F2NO2S2. The summed E-state index contributed by atoms with van der Waals surface area (Å²) in [6.45, 7) is 0.377. The molecule has 18 heavy (non-hydrogen) atoms. The van der Waals surface area contributed by atoms with Crippen molar-refractivity contribution in [1.82, 2.24) is 5.32 Å². The van der Waals surface area contributed by atoms with Crippen LogP contribution in [0.25, 0.3) is 0 Å². The highest BCUT2D eigenvalue weighted by molar-refractivity contribution is 8.00. The van der Waals surface area contributed by atoms with E-state index in [1.54, 1.807) is 7.05 Å². The quantitative estimate of drug-likeness (QED) is 0.813. The van der Waals surface area contributed by atoms with E-state index in [9.17, 15) is 17.2 Å². The topological polar surface area (TPSA) is 46.2 Å². The molecule has 0 aromatic heterocycles. The Kier molecular flexibility index (Phi) is 5.55. The Morgan fingerprint density at radius 2 is 1.83 bits per heavy atom. The van der Waals surface area contributed by atoms with Gasteiger partial charge in [0.05, 0.1) is 10.6 Å². The molecule has 0 radical (unpaired) electrons. The van der Waals surface area contributed by atoms with Crippen LogP contribution < -0.4 is 5.32 Å². The van der Waals surface area contributed by atoms with Crippen molar-refractivity contribution in [3.05, 3.63) is 29.3 Å². The summed E-state index contributed by atoms with van der Waals surface area (Å²) >= 11 is 0.878. The van der Waals surface area contributed by atoms with Gasteiger partial charge in [0.2, 0.25) is 0 Å². The van der Waals surface area contributed by atoms with Crippen LogP contribution in [0.2, 0.25) is 0 Å². The number of sulfone groups is 1. The highest BCUT2D eigenvalue weighted by Gasteiger charge is 2.12. The maximum absolute atomic E-state index is 13.6. The minimum Gasteiger partial charge on any atom is -0.316 e. The molecule has 0 amide bonds. The van der Waals surface area contributed by atoms with E-state index >= 15 is 0 Å². The molecule has 7 heteroatoms. The molecule has 0 aliphatic heterocycles. The molecule has 1 rings (SSSR count). The van der Waals surface area contributed by atoms with Gasteiger partial charge in [-0.3, -0.25) is 0 Å². The predicted octanol–water partition coefficient (Wildman–Crippen LogP) is 1.82. The zero-order valence-electron chi connectivity index (χ0n) is 10.2.